The number of anilines is 1. The van der Waals surface area contributed by atoms with Gasteiger partial charge in [0.25, 0.3) is 0 Å². The van der Waals surface area contributed by atoms with Crippen LogP contribution >= 0.6 is 0 Å². The minimum atomic E-state index is -3.19. The summed E-state index contributed by atoms with van der Waals surface area (Å²) in [4.78, 5) is 0. The number of rotatable bonds is 1. The van der Waals surface area contributed by atoms with E-state index in [9.17, 15) is 8.42 Å². The third-order valence-corrected chi connectivity index (χ3v) is 4.76. The van der Waals surface area contributed by atoms with Crippen LogP contribution in [0.15, 0.2) is 36.4 Å². The standard InChI is InChI=1S/C13H15NO2S/c1-17(15,16)14-12-8-4-2-6-10(12)11-7-3-5-9-13(11)14/h2-4,6-8,11,13H,5,9H2,1H3. The van der Waals surface area contributed by atoms with Crippen LogP contribution in [-0.2, 0) is 10.0 Å². The number of allylic oxidation sites excluding steroid dienone is 1. The van der Waals surface area contributed by atoms with Crippen LogP contribution in [0.5, 0.6) is 0 Å². The number of sulfonamides is 1. The first-order valence-electron chi connectivity index (χ1n) is 5.84. The molecule has 1 aromatic carbocycles. The van der Waals surface area contributed by atoms with E-state index in [2.05, 4.69) is 12.2 Å². The van der Waals surface area contributed by atoms with Crippen molar-refractivity contribution in [3.05, 3.63) is 42.0 Å². The van der Waals surface area contributed by atoms with Gasteiger partial charge in [-0.3, -0.25) is 4.31 Å². The van der Waals surface area contributed by atoms with Gasteiger partial charge in [0.05, 0.1) is 18.0 Å². The lowest BCUT2D eigenvalue weighted by Crippen LogP contribution is -2.38. The largest absolute Gasteiger partial charge is 0.266 e. The van der Waals surface area contributed by atoms with Crippen LogP contribution in [0.25, 0.3) is 0 Å². The lowest BCUT2D eigenvalue weighted by atomic mass is 9.88. The normalized spacial score (nSPS) is 26.8. The van der Waals surface area contributed by atoms with Crippen LogP contribution < -0.4 is 4.31 Å². The van der Waals surface area contributed by atoms with Crippen LogP contribution in [0.4, 0.5) is 5.69 Å². The van der Waals surface area contributed by atoms with Gasteiger partial charge in [0, 0.05) is 5.92 Å². The van der Waals surface area contributed by atoms with Gasteiger partial charge in [0.2, 0.25) is 10.0 Å². The van der Waals surface area contributed by atoms with Crippen LogP contribution in [0, 0.1) is 0 Å². The molecule has 0 saturated heterocycles. The molecule has 4 heteroatoms. The quantitative estimate of drug-likeness (QED) is 0.716. The average Bonchev–Trinajstić information content (AvgIpc) is 2.63. The molecular weight excluding hydrogens is 234 g/mol. The Morgan fingerprint density at radius 1 is 1.29 bits per heavy atom. The summed E-state index contributed by atoms with van der Waals surface area (Å²) in [6, 6.07) is 7.89. The predicted molar refractivity (Wildman–Crippen MR) is 68.7 cm³/mol. The Labute approximate surface area is 102 Å². The molecule has 1 aliphatic heterocycles. The number of benzene rings is 1. The fourth-order valence-corrected chi connectivity index (χ4v) is 4.22. The minimum Gasteiger partial charge on any atom is -0.266 e. The first kappa shape index (κ1) is 10.8. The minimum absolute atomic E-state index is 0.0763. The first-order valence-corrected chi connectivity index (χ1v) is 7.69. The zero-order chi connectivity index (χ0) is 12.0. The van der Waals surface area contributed by atoms with Crippen molar-refractivity contribution in [1.29, 1.82) is 0 Å². The predicted octanol–water partition coefficient (Wildman–Crippen LogP) is 2.27. The summed E-state index contributed by atoms with van der Waals surface area (Å²) in [5.41, 5.74) is 2.00. The number of fused-ring (bicyclic) bond motifs is 3. The first-order chi connectivity index (χ1) is 8.09. The molecule has 1 aromatic rings. The maximum Gasteiger partial charge on any atom is 0.232 e. The fourth-order valence-electron chi connectivity index (χ4n) is 2.97. The number of hydrogen-bond donors (Lipinski definition) is 0. The highest BCUT2D eigenvalue weighted by Crippen LogP contribution is 2.46. The molecule has 0 aromatic heterocycles. The second-order valence-corrected chi connectivity index (χ2v) is 6.58. The molecule has 1 heterocycles. The number of hydrogen-bond acceptors (Lipinski definition) is 2. The van der Waals surface area contributed by atoms with E-state index in [-0.39, 0.29) is 12.0 Å². The monoisotopic (exact) mass is 249 g/mol. The van der Waals surface area contributed by atoms with Gasteiger partial charge in [-0.2, -0.15) is 0 Å². The van der Waals surface area contributed by atoms with Crippen molar-refractivity contribution in [2.24, 2.45) is 0 Å². The smallest absolute Gasteiger partial charge is 0.232 e. The highest BCUT2D eigenvalue weighted by Gasteiger charge is 2.41. The van der Waals surface area contributed by atoms with Gasteiger partial charge >= 0.3 is 0 Å². The van der Waals surface area contributed by atoms with Gasteiger partial charge in [0.15, 0.2) is 0 Å². The molecular formula is C13H15NO2S. The van der Waals surface area contributed by atoms with Crippen molar-refractivity contribution in [2.75, 3.05) is 10.6 Å². The van der Waals surface area contributed by atoms with Crippen LogP contribution in [0.1, 0.15) is 24.3 Å². The van der Waals surface area contributed by atoms with Gasteiger partial charge in [-0.1, -0.05) is 30.4 Å². The summed E-state index contributed by atoms with van der Waals surface area (Å²) >= 11 is 0. The van der Waals surface area contributed by atoms with Gasteiger partial charge in [0.1, 0.15) is 0 Å². The van der Waals surface area contributed by atoms with E-state index in [0.717, 1.165) is 24.1 Å². The van der Waals surface area contributed by atoms with Crippen LogP contribution in [-0.4, -0.2) is 20.7 Å². The molecule has 0 amide bonds. The van der Waals surface area contributed by atoms with E-state index >= 15 is 0 Å². The zero-order valence-corrected chi connectivity index (χ0v) is 10.5. The molecule has 1 aliphatic carbocycles. The molecule has 17 heavy (non-hydrogen) atoms. The molecule has 0 fully saturated rings. The second kappa shape index (κ2) is 3.60. The van der Waals surface area contributed by atoms with Gasteiger partial charge in [-0.05, 0) is 24.5 Å². The van der Waals surface area contributed by atoms with Gasteiger partial charge in [-0.15, -0.1) is 0 Å². The second-order valence-electron chi connectivity index (χ2n) is 4.72. The average molecular weight is 249 g/mol. The number of nitrogens with zero attached hydrogens (tertiary/aromatic N) is 1. The highest BCUT2D eigenvalue weighted by molar-refractivity contribution is 7.92. The molecule has 2 atom stereocenters. The maximum atomic E-state index is 12.0. The van der Waals surface area contributed by atoms with E-state index < -0.39 is 10.0 Å². The third kappa shape index (κ3) is 1.59. The number of para-hydroxylation sites is 1. The van der Waals surface area contributed by atoms with Gasteiger partial charge < -0.3 is 0 Å². The Morgan fingerprint density at radius 2 is 2.06 bits per heavy atom. The molecule has 0 N–H and O–H groups in total. The molecule has 90 valence electrons. The van der Waals surface area contributed by atoms with Crippen LogP contribution in [0.2, 0.25) is 0 Å². The van der Waals surface area contributed by atoms with E-state index in [4.69, 9.17) is 0 Å². The summed E-state index contributed by atoms with van der Waals surface area (Å²) in [7, 11) is -3.19. The molecule has 0 spiro atoms. The Bertz CT molecular complexity index is 577. The Hall–Kier alpha value is -1.29. The molecule has 2 unspecified atom stereocenters. The van der Waals surface area contributed by atoms with Crippen molar-refractivity contribution < 1.29 is 8.42 Å². The summed E-state index contributed by atoms with van der Waals surface area (Å²) in [6.45, 7) is 0. The third-order valence-electron chi connectivity index (χ3n) is 3.58. The fraction of sp³-hybridized carbons (Fsp3) is 0.385. The van der Waals surface area contributed by atoms with E-state index in [1.165, 1.54) is 6.26 Å². The van der Waals surface area contributed by atoms with Crippen molar-refractivity contribution in [1.82, 2.24) is 0 Å². The lowest BCUT2D eigenvalue weighted by molar-refractivity contribution is 0.548. The van der Waals surface area contributed by atoms with Gasteiger partial charge in [-0.25, -0.2) is 8.42 Å². The van der Waals surface area contributed by atoms with Crippen molar-refractivity contribution >= 4 is 15.7 Å². The van der Waals surface area contributed by atoms with Crippen LogP contribution in [0.3, 0.4) is 0 Å². The highest BCUT2D eigenvalue weighted by atomic mass is 32.2. The Morgan fingerprint density at radius 3 is 2.82 bits per heavy atom. The van der Waals surface area contributed by atoms with E-state index in [0.29, 0.717) is 0 Å². The topological polar surface area (TPSA) is 37.4 Å². The Balaban J connectivity index is 2.21. The summed E-state index contributed by atoms with van der Waals surface area (Å²) in [5.74, 6) is 0.231. The molecule has 3 nitrogen and oxygen atoms in total. The van der Waals surface area contributed by atoms with E-state index in [1.807, 2.05) is 24.3 Å². The van der Waals surface area contributed by atoms with Crippen molar-refractivity contribution in [2.45, 2.75) is 24.8 Å². The molecule has 2 aliphatic rings. The van der Waals surface area contributed by atoms with E-state index in [1.54, 1.807) is 4.31 Å². The summed E-state index contributed by atoms with van der Waals surface area (Å²) in [6.07, 6.45) is 7.47. The van der Waals surface area contributed by atoms with Crippen molar-refractivity contribution in [3.8, 4) is 0 Å². The molecule has 0 saturated carbocycles. The molecule has 0 radical (unpaired) electrons. The summed E-state index contributed by atoms with van der Waals surface area (Å²) in [5, 5.41) is 0. The zero-order valence-electron chi connectivity index (χ0n) is 9.70. The summed E-state index contributed by atoms with van der Waals surface area (Å²) < 4.78 is 25.5. The Kier molecular flexibility index (Phi) is 2.30. The SMILES string of the molecule is CS(=O)(=O)N1c2ccccc2C2C=CCCC21. The van der Waals surface area contributed by atoms with Crippen molar-refractivity contribution in [3.63, 3.8) is 0 Å². The molecule has 3 rings (SSSR count). The maximum absolute atomic E-state index is 12.0. The molecule has 0 bridgehead atoms. The lowest BCUT2D eigenvalue weighted by Gasteiger charge is -2.29.